The molecule has 0 atom stereocenters. The Kier molecular flexibility index (Phi) is 2.42. The summed E-state index contributed by atoms with van der Waals surface area (Å²) in [7, 11) is -5.40. The third kappa shape index (κ3) is 1.78. The van der Waals surface area contributed by atoms with Crippen LogP contribution in [-0.4, -0.2) is 19.8 Å². The number of alkyl halides is 3. The first-order chi connectivity index (χ1) is 7.73. The first-order valence-corrected chi connectivity index (χ1v) is 5.94. The highest BCUT2D eigenvalue weighted by molar-refractivity contribution is 7.92. The van der Waals surface area contributed by atoms with Gasteiger partial charge in [0.05, 0.1) is 4.90 Å². The predicted octanol–water partition coefficient (Wildman–Crippen LogP) is 1.22. The van der Waals surface area contributed by atoms with E-state index in [0.717, 1.165) is 12.1 Å². The second kappa shape index (κ2) is 3.46. The molecule has 17 heavy (non-hydrogen) atoms. The Balaban J connectivity index is 2.57. The van der Waals surface area contributed by atoms with Crippen LogP contribution in [-0.2, 0) is 16.4 Å². The first-order valence-electron chi connectivity index (χ1n) is 4.46. The topological polar surface area (TPSA) is 63.2 Å². The van der Waals surface area contributed by atoms with Crippen molar-refractivity contribution in [3.63, 3.8) is 0 Å². The van der Waals surface area contributed by atoms with Crippen molar-refractivity contribution >= 4 is 15.7 Å². The molecule has 8 heteroatoms. The van der Waals surface area contributed by atoms with E-state index in [1.807, 2.05) is 0 Å². The number of hydrogen-bond acceptors (Lipinski definition) is 3. The minimum absolute atomic E-state index is 0.0321. The first kappa shape index (κ1) is 11.9. The Hall–Kier alpha value is -1.57. The molecule has 1 aliphatic heterocycles. The number of carbonyl (C=O) groups excluding carboxylic acids is 1. The molecule has 0 bridgehead atoms. The summed E-state index contributed by atoms with van der Waals surface area (Å²) >= 11 is 0. The van der Waals surface area contributed by atoms with Crippen molar-refractivity contribution in [1.29, 1.82) is 0 Å². The second-order valence-corrected chi connectivity index (χ2v) is 5.39. The fourth-order valence-corrected chi connectivity index (χ4v) is 2.28. The van der Waals surface area contributed by atoms with Crippen LogP contribution in [0.4, 0.5) is 13.2 Å². The molecule has 0 spiro atoms. The van der Waals surface area contributed by atoms with Crippen LogP contribution in [0.1, 0.15) is 15.9 Å². The van der Waals surface area contributed by atoms with Crippen LogP contribution in [0.5, 0.6) is 0 Å². The Bertz CT molecular complexity index is 592. The van der Waals surface area contributed by atoms with Gasteiger partial charge >= 0.3 is 5.51 Å². The number of sulfone groups is 1. The van der Waals surface area contributed by atoms with E-state index in [0.29, 0.717) is 5.56 Å². The maximum atomic E-state index is 12.3. The molecule has 0 unspecified atom stereocenters. The van der Waals surface area contributed by atoms with Crippen molar-refractivity contribution in [2.45, 2.75) is 16.9 Å². The zero-order valence-electron chi connectivity index (χ0n) is 8.21. The van der Waals surface area contributed by atoms with Crippen molar-refractivity contribution < 1.29 is 26.4 Å². The fourth-order valence-electron chi connectivity index (χ4n) is 1.49. The van der Waals surface area contributed by atoms with Gasteiger partial charge in [-0.05, 0) is 17.7 Å². The van der Waals surface area contributed by atoms with Crippen LogP contribution in [0.2, 0.25) is 0 Å². The molecular weight excluding hydrogens is 259 g/mol. The lowest BCUT2D eigenvalue weighted by atomic mass is 10.1. The van der Waals surface area contributed by atoms with Crippen molar-refractivity contribution in [2.75, 3.05) is 0 Å². The summed E-state index contributed by atoms with van der Waals surface area (Å²) in [6.07, 6.45) is 0. The molecule has 0 radical (unpaired) electrons. The minimum Gasteiger partial charge on any atom is -0.348 e. The molecule has 0 fully saturated rings. The number of benzene rings is 1. The quantitative estimate of drug-likeness (QED) is 0.830. The Morgan fingerprint density at radius 2 is 1.88 bits per heavy atom. The SMILES string of the molecule is O=C1NCc2ccc(S(=O)(=O)C(F)(F)F)cc21. The molecule has 1 N–H and O–H groups in total. The number of hydrogen-bond donors (Lipinski definition) is 1. The molecule has 1 aromatic carbocycles. The lowest BCUT2D eigenvalue weighted by Gasteiger charge is -2.08. The summed E-state index contributed by atoms with van der Waals surface area (Å²) < 4.78 is 59.0. The van der Waals surface area contributed by atoms with Crippen LogP contribution in [0.25, 0.3) is 0 Å². The fraction of sp³-hybridized carbons (Fsp3) is 0.222. The summed E-state index contributed by atoms with van der Waals surface area (Å²) in [5, 5.41) is 2.39. The summed E-state index contributed by atoms with van der Waals surface area (Å²) in [5.74, 6) is -0.570. The van der Waals surface area contributed by atoms with Gasteiger partial charge < -0.3 is 5.32 Å². The van der Waals surface area contributed by atoms with E-state index >= 15 is 0 Å². The van der Waals surface area contributed by atoms with E-state index < -0.39 is 26.1 Å². The molecule has 4 nitrogen and oxygen atoms in total. The van der Waals surface area contributed by atoms with Crippen LogP contribution in [0.15, 0.2) is 23.1 Å². The molecule has 92 valence electrons. The van der Waals surface area contributed by atoms with Gasteiger partial charge in [0.1, 0.15) is 0 Å². The van der Waals surface area contributed by atoms with Crippen molar-refractivity contribution in [3.05, 3.63) is 29.3 Å². The number of nitrogens with one attached hydrogen (secondary N) is 1. The highest BCUT2D eigenvalue weighted by atomic mass is 32.2. The number of carbonyl (C=O) groups is 1. The van der Waals surface area contributed by atoms with E-state index in [1.54, 1.807) is 0 Å². The minimum atomic E-state index is -5.40. The van der Waals surface area contributed by atoms with Gasteiger partial charge in [-0.25, -0.2) is 8.42 Å². The van der Waals surface area contributed by atoms with Gasteiger partial charge in [-0.1, -0.05) is 6.07 Å². The number of amides is 1. The Morgan fingerprint density at radius 1 is 1.24 bits per heavy atom. The molecule has 0 aromatic heterocycles. The monoisotopic (exact) mass is 265 g/mol. The summed E-state index contributed by atoms with van der Waals surface area (Å²) in [6.45, 7) is 0.195. The van der Waals surface area contributed by atoms with E-state index in [2.05, 4.69) is 5.32 Å². The van der Waals surface area contributed by atoms with E-state index in [-0.39, 0.29) is 12.1 Å². The average molecular weight is 265 g/mol. The summed E-state index contributed by atoms with van der Waals surface area (Å²) in [6, 6.07) is 2.80. The van der Waals surface area contributed by atoms with Crippen LogP contribution >= 0.6 is 0 Å². The lowest BCUT2D eigenvalue weighted by Crippen LogP contribution is -2.23. The second-order valence-electron chi connectivity index (χ2n) is 3.45. The maximum absolute atomic E-state index is 12.3. The zero-order valence-corrected chi connectivity index (χ0v) is 9.02. The highest BCUT2D eigenvalue weighted by Gasteiger charge is 2.47. The largest absolute Gasteiger partial charge is 0.501 e. The van der Waals surface area contributed by atoms with E-state index in [4.69, 9.17) is 0 Å². The van der Waals surface area contributed by atoms with Gasteiger partial charge in [-0.3, -0.25) is 4.79 Å². The van der Waals surface area contributed by atoms with Crippen molar-refractivity contribution in [2.24, 2.45) is 0 Å². The molecular formula is C9H6F3NO3S. The Labute approximate surface area is 94.4 Å². The van der Waals surface area contributed by atoms with Crippen LogP contribution in [0.3, 0.4) is 0 Å². The van der Waals surface area contributed by atoms with Gasteiger partial charge in [0.2, 0.25) is 0 Å². The molecule has 1 amide bonds. The smallest absolute Gasteiger partial charge is 0.348 e. The lowest BCUT2D eigenvalue weighted by molar-refractivity contribution is -0.0436. The molecule has 0 aliphatic carbocycles. The zero-order chi connectivity index (χ0) is 12.8. The normalized spacial score (nSPS) is 15.6. The Morgan fingerprint density at radius 3 is 2.47 bits per heavy atom. The van der Waals surface area contributed by atoms with Crippen molar-refractivity contribution in [3.8, 4) is 0 Å². The molecule has 1 heterocycles. The molecule has 2 rings (SSSR count). The van der Waals surface area contributed by atoms with Gasteiger partial charge in [0, 0.05) is 12.1 Å². The third-order valence-corrected chi connectivity index (χ3v) is 3.86. The van der Waals surface area contributed by atoms with Gasteiger partial charge in [-0.15, -0.1) is 0 Å². The molecule has 0 saturated carbocycles. The standard InChI is InChI=1S/C9H6F3NO3S/c10-9(11,12)17(15,16)6-2-1-5-4-13-8(14)7(5)3-6/h1-3H,4H2,(H,13,14). The summed E-state index contributed by atoms with van der Waals surface area (Å²) in [5.41, 5.74) is -4.91. The van der Waals surface area contributed by atoms with E-state index in [9.17, 15) is 26.4 Å². The third-order valence-electron chi connectivity index (χ3n) is 2.38. The van der Waals surface area contributed by atoms with Gasteiger partial charge in [0.15, 0.2) is 0 Å². The predicted molar refractivity (Wildman–Crippen MR) is 50.9 cm³/mol. The average Bonchev–Trinajstić information content (AvgIpc) is 2.58. The molecule has 1 aliphatic rings. The summed E-state index contributed by atoms with van der Waals surface area (Å²) in [4.78, 5) is 10.3. The van der Waals surface area contributed by atoms with Gasteiger partial charge in [-0.2, -0.15) is 13.2 Å². The molecule has 1 aromatic rings. The number of halogens is 3. The van der Waals surface area contributed by atoms with Crippen molar-refractivity contribution in [1.82, 2.24) is 5.32 Å². The van der Waals surface area contributed by atoms with E-state index in [1.165, 1.54) is 6.07 Å². The van der Waals surface area contributed by atoms with Crippen LogP contribution in [0, 0.1) is 0 Å². The number of rotatable bonds is 1. The number of fused-ring (bicyclic) bond motifs is 1. The molecule has 0 saturated heterocycles. The van der Waals surface area contributed by atoms with Gasteiger partial charge in [0.25, 0.3) is 15.7 Å². The maximum Gasteiger partial charge on any atom is 0.501 e. The van der Waals surface area contributed by atoms with Crippen LogP contribution < -0.4 is 5.32 Å². The highest BCUT2D eigenvalue weighted by Crippen LogP contribution is 2.31.